The molecule has 106 valence electrons. The quantitative estimate of drug-likeness (QED) is 0.764. The Morgan fingerprint density at radius 3 is 2.37 bits per heavy atom. The van der Waals surface area contributed by atoms with Gasteiger partial charge in [-0.2, -0.15) is 0 Å². The van der Waals surface area contributed by atoms with Gasteiger partial charge in [0.15, 0.2) is 0 Å². The fraction of sp³-hybridized carbons (Fsp3) is 0.647. The lowest BCUT2D eigenvalue weighted by molar-refractivity contribution is 0.156. The van der Waals surface area contributed by atoms with Crippen LogP contribution in [0.2, 0.25) is 0 Å². The molecule has 2 rings (SSSR count). The molecule has 1 aliphatic carbocycles. The maximum atomic E-state index is 3.66. The summed E-state index contributed by atoms with van der Waals surface area (Å²) >= 11 is 2.00. The van der Waals surface area contributed by atoms with Crippen LogP contribution in [-0.2, 0) is 0 Å². The lowest BCUT2D eigenvalue weighted by atomic mass is 9.72. The predicted octanol–water partition coefficient (Wildman–Crippen LogP) is 4.58. The van der Waals surface area contributed by atoms with Crippen LogP contribution < -0.4 is 5.32 Å². The third-order valence-corrected chi connectivity index (χ3v) is 5.02. The molecule has 2 heteroatoms. The molecule has 0 amide bonds. The van der Waals surface area contributed by atoms with Crippen molar-refractivity contribution >= 4 is 11.8 Å². The fourth-order valence-corrected chi connectivity index (χ4v) is 3.57. The molecule has 1 aliphatic rings. The molecule has 1 aromatic carbocycles. The molecule has 1 aromatic rings. The predicted molar refractivity (Wildman–Crippen MR) is 85.8 cm³/mol. The van der Waals surface area contributed by atoms with Crippen LogP contribution >= 0.6 is 11.8 Å². The second-order valence-electron chi connectivity index (χ2n) is 6.68. The summed E-state index contributed by atoms with van der Waals surface area (Å²) < 4.78 is 0. The molecule has 2 unspecified atom stereocenters. The van der Waals surface area contributed by atoms with Crippen LogP contribution in [0.1, 0.15) is 40.0 Å². The second-order valence-corrected chi connectivity index (χ2v) is 7.85. The van der Waals surface area contributed by atoms with Gasteiger partial charge in [-0.1, -0.05) is 18.2 Å². The zero-order valence-corrected chi connectivity index (χ0v) is 13.3. The number of benzene rings is 1. The second kappa shape index (κ2) is 6.81. The molecule has 0 heterocycles. The highest BCUT2D eigenvalue weighted by molar-refractivity contribution is 7.99. The van der Waals surface area contributed by atoms with Crippen molar-refractivity contribution < 1.29 is 0 Å². The molecule has 1 fully saturated rings. The maximum absolute atomic E-state index is 3.66. The van der Waals surface area contributed by atoms with Crippen LogP contribution in [0.5, 0.6) is 0 Å². The molecule has 0 saturated heterocycles. The third-order valence-electron chi connectivity index (χ3n) is 3.97. The van der Waals surface area contributed by atoms with Gasteiger partial charge in [-0.05, 0) is 76.3 Å². The topological polar surface area (TPSA) is 12.0 Å². The highest BCUT2D eigenvalue weighted by Gasteiger charge is 2.30. The van der Waals surface area contributed by atoms with Crippen LogP contribution in [0.4, 0.5) is 0 Å². The van der Waals surface area contributed by atoms with Crippen molar-refractivity contribution in [2.45, 2.75) is 50.5 Å². The average molecular weight is 277 g/mol. The monoisotopic (exact) mass is 277 g/mol. The molecule has 1 N–H and O–H groups in total. The highest BCUT2D eigenvalue weighted by Crippen LogP contribution is 2.38. The van der Waals surface area contributed by atoms with E-state index in [4.69, 9.17) is 0 Å². The van der Waals surface area contributed by atoms with Crippen LogP contribution in [0.25, 0.3) is 0 Å². The Hall–Kier alpha value is -0.470. The summed E-state index contributed by atoms with van der Waals surface area (Å²) in [5.74, 6) is 3.13. The van der Waals surface area contributed by atoms with Gasteiger partial charge in [-0.3, -0.25) is 0 Å². The first kappa shape index (κ1) is 14.9. The normalized spacial score (nSPS) is 23.1. The summed E-state index contributed by atoms with van der Waals surface area (Å²) in [6.45, 7) is 7.97. The summed E-state index contributed by atoms with van der Waals surface area (Å²) in [7, 11) is 0. The van der Waals surface area contributed by atoms with Crippen molar-refractivity contribution in [3.05, 3.63) is 30.3 Å². The van der Waals surface area contributed by atoms with E-state index in [1.807, 2.05) is 11.8 Å². The Morgan fingerprint density at radius 1 is 1.11 bits per heavy atom. The largest absolute Gasteiger partial charge is 0.312 e. The fourth-order valence-electron chi connectivity index (χ4n) is 2.57. The number of hydrogen-bond donors (Lipinski definition) is 1. The van der Waals surface area contributed by atoms with Crippen molar-refractivity contribution in [1.82, 2.24) is 5.32 Å². The van der Waals surface area contributed by atoms with E-state index in [1.54, 1.807) is 0 Å². The first-order chi connectivity index (χ1) is 9.04. The molecule has 2 atom stereocenters. The average Bonchev–Trinajstić information content (AvgIpc) is 2.33. The van der Waals surface area contributed by atoms with Gasteiger partial charge in [-0.15, -0.1) is 11.8 Å². The number of nitrogens with one attached hydrogen (secondary N) is 1. The zero-order valence-electron chi connectivity index (χ0n) is 12.5. The zero-order chi connectivity index (χ0) is 13.7. The number of thioether (sulfide) groups is 1. The standard InChI is InChI=1S/C17H27NS/c1-17(2,3)18-13-15-10-9-14(15)11-12-19-16-7-5-4-6-8-16/h4-8,14-15,18H,9-13H2,1-3H3. The number of rotatable bonds is 6. The lowest BCUT2D eigenvalue weighted by Gasteiger charge is -2.38. The van der Waals surface area contributed by atoms with Crippen molar-refractivity contribution in [3.8, 4) is 0 Å². The molecular formula is C17H27NS. The van der Waals surface area contributed by atoms with E-state index < -0.39 is 0 Å². The Bertz CT molecular complexity index is 369. The van der Waals surface area contributed by atoms with Gasteiger partial charge >= 0.3 is 0 Å². The van der Waals surface area contributed by atoms with E-state index in [0.29, 0.717) is 0 Å². The highest BCUT2D eigenvalue weighted by atomic mass is 32.2. The minimum Gasteiger partial charge on any atom is -0.312 e. The summed E-state index contributed by atoms with van der Waals surface area (Å²) in [6.07, 6.45) is 4.23. The van der Waals surface area contributed by atoms with Gasteiger partial charge in [0.05, 0.1) is 0 Å². The van der Waals surface area contributed by atoms with Gasteiger partial charge < -0.3 is 5.32 Å². The van der Waals surface area contributed by atoms with E-state index in [9.17, 15) is 0 Å². The Balaban J connectivity index is 1.64. The molecule has 1 nitrogen and oxygen atoms in total. The van der Waals surface area contributed by atoms with E-state index in [1.165, 1.54) is 36.5 Å². The van der Waals surface area contributed by atoms with Gasteiger partial charge in [0.1, 0.15) is 0 Å². The SMILES string of the molecule is CC(C)(C)NCC1CCC1CCSc1ccccc1. The maximum Gasteiger partial charge on any atom is 0.00966 e. The molecule has 0 radical (unpaired) electrons. The number of hydrogen-bond acceptors (Lipinski definition) is 2. The minimum absolute atomic E-state index is 0.263. The van der Waals surface area contributed by atoms with Gasteiger partial charge in [0.25, 0.3) is 0 Å². The summed E-state index contributed by atoms with van der Waals surface area (Å²) in [6, 6.07) is 10.8. The van der Waals surface area contributed by atoms with Gasteiger partial charge in [-0.25, -0.2) is 0 Å². The Labute approximate surface area is 122 Å². The minimum atomic E-state index is 0.263. The molecule has 1 saturated carbocycles. The lowest BCUT2D eigenvalue weighted by Crippen LogP contribution is -2.43. The Morgan fingerprint density at radius 2 is 1.79 bits per heavy atom. The van der Waals surface area contributed by atoms with Crippen molar-refractivity contribution in [1.29, 1.82) is 0 Å². The van der Waals surface area contributed by atoms with Crippen molar-refractivity contribution in [2.24, 2.45) is 11.8 Å². The smallest absolute Gasteiger partial charge is 0.00966 e. The van der Waals surface area contributed by atoms with E-state index in [2.05, 4.69) is 56.4 Å². The van der Waals surface area contributed by atoms with Crippen molar-refractivity contribution in [2.75, 3.05) is 12.3 Å². The molecule has 0 spiro atoms. The van der Waals surface area contributed by atoms with E-state index in [-0.39, 0.29) is 5.54 Å². The Kier molecular flexibility index (Phi) is 5.35. The van der Waals surface area contributed by atoms with Crippen LogP contribution in [-0.4, -0.2) is 17.8 Å². The summed E-state index contributed by atoms with van der Waals surface area (Å²) in [5.41, 5.74) is 0.263. The van der Waals surface area contributed by atoms with Crippen LogP contribution in [0.3, 0.4) is 0 Å². The van der Waals surface area contributed by atoms with Gasteiger partial charge in [0, 0.05) is 10.4 Å². The molecule has 0 aliphatic heterocycles. The molecular weight excluding hydrogens is 250 g/mol. The molecule has 0 bridgehead atoms. The van der Waals surface area contributed by atoms with E-state index in [0.717, 1.165) is 11.8 Å². The first-order valence-electron chi connectivity index (χ1n) is 7.47. The van der Waals surface area contributed by atoms with Gasteiger partial charge in [0.2, 0.25) is 0 Å². The first-order valence-corrected chi connectivity index (χ1v) is 8.46. The third kappa shape index (κ3) is 5.19. The summed E-state index contributed by atoms with van der Waals surface area (Å²) in [4.78, 5) is 1.41. The molecule has 19 heavy (non-hydrogen) atoms. The molecule has 0 aromatic heterocycles. The van der Waals surface area contributed by atoms with Crippen LogP contribution in [0, 0.1) is 11.8 Å². The van der Waals surface area contributed by atoms with Crippen LogP contribution in [0.15, 0.2) is 35.2 Å². The van der Waals surface area contributed by atoms with E-state index >= 15 is 0 Å². The summed E-state index contributed by atoms with van der Waals surface area (Å²) in [5, 5.41) is 3.66. The van der Waals surface area contributed by atoms with Crippen molar-refractivity contribution in [3.63, 3.8) is 0 Å².